The summed E-state index contributed by atoms with van der Waals surface area (Å²) in [5, 5.41) is 3.90. The van der Waals surface area contributed by atoms with Crippen LogP contribution < -0.4 is 9.64 Å². The fourth-order valence-corrected chi connectivity index (χ4v) is 5.40. The minimum atomic E-state index is -3.70. The van der Waals surface area contributed by atoms with E-state index in [1.807, 2.05) is 6.92 Å². The Balaban J connectivity index is 1.64. The van der Waals surface area contributed by atoms with Crippen LogP contribution in [-0.2, 0) is 27.8 Å². The first kappa shape index (κ1) is 20.8. The Bertz CT molecular complexity index is 1030. The van der Waals surface area contributed by atoms with Gasteiger partial charge in [0.25, 0.3) is 5.91 Å². The predicted molar refractivity (Wildman–Crippen MR) is 109 cm³/mol. The molecule has 0 saturated heterocycles. The van der Waals surface area contributed by atoms with Crippen molar-refractivity contribution in [2.24, 2.45) is 0 Å². The molecule has 0 bridgehead atoms. The van der Waals surface area contributed by atoms with Crippen molar-refractivity contribution >= 4 is 21.6 Å². The lowest BCUT2D eigenvalue weighted by Gasteiger charge is -2.32. The standard InChI is InChI=1S/C20H26N4O5S/c1-3-19-21-18(22-29-19)12-24-16-11-15(9-10-17(16)28-13-20(24)25)30(26,27)23(2)14-7-5-4-6-8-14/h9-11,14H,3-8,12-13H2,1-2H3. The first-order valence-corrected chi connectivity index (χ1v) is 11.7. The molecule has 0 N–H and O–H groups in total. The number of carbonyl (C=O) groups is 1. The van der Waals surface area contributed by atoms with E-state index in [1.54, 1.807) is 13.1 Å². The van der Waals surface area contributed by atoms with Crippen LogP contribution in [0.15, 0.2) is 27.6 Å². The second-order valence-corrected chi connectivity index (χ2v) is 9.67. The Kier molecular flexibility index (Phi) is 5.79. The Labute approximate surface area is 176 Å². The van der Waals surface area contributed by atoms with Crippen molar-refractivity contribution in [3.05, 3.63) is 29.9 Å². The Morgan fingerprint density at radius 3 is 2.70 bits per heavy atom. The third-order valence-corrected chi connectivity index (χ3v) is 7.66. The number of aryl methyl sites for hydroxylation is 1. The van der Waals surface area contributed by atoms with Gasteiger partial charge in [0.05, 0.1) is 17.1 Å². The van der Waals surface area contributed by atoms with E-state index in [0.717, 1.165) is 32.1 Å². The van der Waals surface area contributed by atoms with E-state index in [2.05, 4.69) is 10.1 Å². The van der Waals surface area contributed by atoms with Crippen LogP contribution in [0.3, 0.4) is 0 Å². The van der Waals surface area contributed by atoms with Crippen LogP contribution in [0.5, 0.6) is 5.75 Å². The van der Waals surface area contributed by atoms with Crippen molar-refractivity contribution in [3.63, 3.8) is 0 Å². The molecule has 1 amide bonds. The van der Waals surface area contributed by atoms with Gasteiger partial charge in [0, 0.05) is 19.5 Å². The van der Waals surface area contributed by atoms with Crippen molar-refractivity contribution in [2.45, 2.75) is 62.9 Å². The molecule has 0 unspecified atom stereocenters. The normalized spacial score (nSPS) is 17.8. The number of rotatable bonds is 6. The number of ether oxygens (including phenoxy) is 1. The fourth-order valence-electron chi connectivity index (χ4n) is 3.96. The van der Waals surface area contributed by atoms with Crippen molar-refractivity contribution in [2.75, 3.05) is 18.6 Å². The highest BCUT2D eigenvalue weighted by atomic mass is 32.2. The number of sulfonamides is 1. The monoisotopic (exact) mass is 434 g/mol. The van der Waals surface area contributed by atoms with Gasteiger partial charge in [-0.1, -0.05) is 31.3 Å². The Hall–Kier alpha value is -2.46. The molecule has 2 heterocycles. The molecule has 2 aliphatic rings. The minimum Gasteiger partial charge on any atom is -0.482 e. The van der Waals surface area contributed by atoms with Crippen LogP contribution in [-0.4, -0.2) is 48.5 Å². The molecule has 162 valence electrons. The molecule has 1 saturated carbocycles. The lowest BCUT2D eigenvalue weighted by Crippen LogP contribution is -2.40. The number of fused-ring (bicyclic) bond motifs is 1. The Morgan fingerprint density at radius 2 is 2.00 bits per heavy atom. The quantitative estimate of drug-likeness (QED) is 0.688. The molecule has 9 nitrogen and oxygen atoms in total. The summed E-state index contributed by atoms with van der Waals surface area (Å²) in [5.41, 5.74) is 0.396. The van der Waals surface area contributed by atoms with Gasteiger partial charge in [-0.05, 0) is 31.0 Å². The zero-order valence-corrected chi connectivity index (χ0v) is 18.0. The second kappa shape index (κ2) is 8.35. The predicted octanol–water partition coefficient (Wildman–Crippen LogP) is 2.51. The molecule has 1 aromatic carbocycles. The van der Waals surface area contributed by atoms with Gasteiger partial charge in [0.2, 0.25) is 15.9 Å². The first-order chi connectivity index (χ1) is 14.4. The molecular weight excluding hydrogens is 408 g/mol. The second-order valence-electron chi connectivity index (χ2n) is 7.67. The molecule has 0 radical (unpaired) electrons. The molecule has 1 aliphatic carbocycles. The van der Waals surface area contributed by atoms with E-state index >= 15 is 0 Å². The third-order valence-electron chi connectivity index (χ3n) is 5.75. The molecule has 1 fully saturated rings. The number of aromatic nitrogens is 2. The van der Waals surface area contributed by atoms with Gasteiger partial charge in [-0.15, -0.1) is 0 Å². The largest absolute Gasteiger partial charge is 0.482 e. The van der Waals surface area contributed by atoms with Gasteiger partial charge in [-0.25, -0.2) is 8.42 Å². The summed E-state index contributed by atoms with van der Waals surface area (Å²) in [6.07, 6.45) is 5.55. The van der Waals surface area contributed by atoms with Gasteiger partial charge in [0.1, 0.15) is 5.75 Å². The molecule has 30 heavy (non-hydrogen) atoms. The zero-order chi connectivity index (χ0) is 21.3. The number of anilines is 1. The number of hydrogen-bond acceptors (Lipinski definition) is 7. The van der Waals surface area contributed by atoms with E-state index in [0.29, 0.717) is 29.6 Å². The summed E-state index contributed by atoms with van der Waals surface area (Å²) in [7, 11) is -2.06. The van der Waals surface area contributed by atoms with Gasteiger partial charge in [-0.3, -0.25) is 9.69 Å². The maximum atomic E-state index is 13.2. The molecular formula is C20H26N4O5S. The van der Waals surface area contributed by atoms with Gasteiger partial charge >= 0.3 is 0 Å². The van der Waals surface area contributed by atoms with Crippen LogP contribution in [0, 0.1) is 0 Å². The van der Waals surface area contributed by atoms with Crippen LogP contribution in [0.1, 0.15) is 50.7 Å². The number of carbonyl (C=O) groups excluding carboxylic acids is 1. The van der Waals surface area contributed by atoms with E-state index < -0.39 is 10.0 Å². The molecule has 1 aromatic heterocycles. The van der Waals surface area contributed by atoms with E-state index in [4.69, 9.17) is 9.26 Å². The number of amides is 1. The maximum Gasteiger partial charge on any atom is 0.265 e. The van der Waals surface area contributed by atoms with E-state index in [9.17, 15) is 13.2 Å². The van der Waals surface area contributed by atoms with Crippen molar-refractivity contribution < 1.29 is 22.5 Å². The average molecular weight is 435 g/mol. The van der Waals surface area contributed by atoms with Gasteiger partial charge in [0.15, 0.2) is 12.4 Å². The topological polar surface area (TPSA) is 106 Å². The maximum absolute atomic E-state index is 13.2. The molecule has 1 aliphatic heterocycles. The highest BCUT2D eigenvalue weighted by Gasteiger charge is 2.32. The lowest BCUT2D eigenvalue weighted by molar-refractivity contribution is -0.121. The highest BCUT2D eigenvalue weighted by Crippen LogP contribution is 2.36. The van der Waals surface area contributed by atoms with Crippen LogP contribution in [0.4, 0.5) is 5.69 Å². The molecule has 10 heteroatoms. The number of benzene rings is 1. The molecule has 0 spiro atoms. The first-order valence-electron chi connectivity index (χ1n) is 10.3. The van der Waals surface area contributed by atoms with Crippen molar-refractivity contribution in [1.29, 1.82) is 0 Å². The summed E-state index contributed by atoms with van der Waals surface area (Å²) in [6.45, 7) is 1.85. The fraction of sp³-hybridized carbons (Fsp3) is 0.550. The van der Waals surface area contributed by atoms with E-state index in [-0.39, 0.29) is 30.0 Å². The van der Waals surface area contributed by atoms with Crippen LogP contribution in [0.25, 0.3) is 0 Å². The van der Waals surface area contributed by atoms with Crippen LogP contribution >= 0.6 is 0 Å². The van der Waals surface area contributed by atoms with Crippen molar-refractivity contribution in [1.82, 2.24) is 14.4 Å². The Morgan fingerprint density at radius 1 is 1.23 bits per heavy atom. The lowest BCUT2D eigenvalue weighted by atomic mass is 9.96. The number of hydrogen-bond donors (Lipinski definition) is 0. The SMILES string of the molecule is CCc1nc(CN2C(=O)COc3ccc(S(=O)(=O)N(C)C4CCCCC4)cc32)no1. The zero-order valence-electron chi connectivity index (χ0n) is 17.2. The molecule has 4 rings (SSSR count). The minimum absolute atomic E-state index is 0.000521. The molecule has 2 aromatic rings. The average Bonchev–Trinajstić information content (AvgIpc) is 3.23. The summed E-state index contributed by atoms with van der Waals surface area (Å²) >= 11 is 0. The third kappa shape index (κ3) is 3.93. The van der Waals surface area contributed by atoms with Crippen LogP contribution in [0.2, 0.25) is 0 Å². The van der Waals surface area contributed by atoms with Crippen molar-refractivity contribution in [3.8, 4) is 5.75 Å². The number of nitrogens with zero attached hydrogens (tertiary/aromatic N) is 4. The summed E-state index contributed by atoms with van der Waals surface area (Å²) in [4.78, 5) is 18.4. The highest BCUT2D eigenvalue weighted by molar-refractivity contribution is 7.89. The van der Waals surface area contributed by atoms with E-state index in [1.165, 1.54) is 21.3 Å². The summed E-state index contributed by atoms with van der Waals surface area (Å²) in [6, 6.07) is 4.64. The van der Waals surface area contributed by atoms with Gasteiger partial charge < -0.3 is 9.26 Å². The summed E-state index contributed by atoms with van der Waals surface area (Å²) < 4.78 is 38.6. The smallest absolute Gasteiger partial charge is 0.265 e. The molecule has 0 atom stereocenters. The van der Waals surface area contributed by atoms with Gasteiger partial charge in [-0.2, -0.15) is 9.29 Å². The summed E-state index contributed by atoms with van der Waals surface area (Å²) in [5.74, 6) is 1.01.